The highest BCUT2D eigenvalue weighted by atomic mass is 16.6. The lowest BCUT2D eigenvalue weighted by Crippen LogP contribution is -2.28. The first-order valence-electron chi connectivity index (χ1n) is 8.41. The lowest BCUT2D eigenvalue weighted by molar-refractivity contribution is -0.159. The molecule has 6 nitrogen and oxygen atoms in total. The Balaban J connectivity index is 1.43. The van der Waals surface area contributed by atoms with Gasteiger partial charge in [-0.25, -0.2) is 4.79 Å². The number of carbonyl (C=O) groups excluding carboxylic acids is 1. The Labute approximate surface area is 143 Å². The van der Waals surface area contributed by atoms with E-state index in [1.54, 1.807) is 6.92 Å². The highest BCUT2D eigenvalue weighted by Crippen LogP contribution is 2.13. The molecule has 24 heavy (non-hydrogen) atoms. The third kappa shape index (κ3) is 7.29. The molecule has 6 heteroatoms. The van der Waals surface area contributed by atoms with Gasteiger partial charge in [0.15, 0.2) is 6.10 Å². The number of rotatable bonds is 11. The van der Waals surface area contributed by atoms with Crippen LogP contribution in [0.25, 0.3) is 0 Å². The van der Waals surface area contributed by atoms with Crippen molar-refractivity contribution in [2.45, 2.75) is 32.0 Å². The first-order valence-corrected chi connectivity index (χ1v) is 8.41. The first-order chi connectivity index (χ1) is 11.8. The van der Waals surface area contributed by atoms with Gasteiger partial charge in [-0.1, -0.05) is 18.2 Å². The number of hydrogen-bond donors (Lipinski definition) is 0. The highest BCUT2D eigenvalue weighted by molar-refractivity contribution is 5.74. The molecule has 1 aliphatic rings. The van der Waals surface area contributed by atoms with Gasteiger partial charge in [-0.15, -0.1) is 0 Å². The molecule has 0 radical (unpaired) electrons. The molecule has 0 aliphatic carbocycles. The van der Waals surface area contributed by atoms with Crippen LogP contribution in [0.2, 0.25) is 0 Å². The van der Waals surface area contributed by atoms with Crippen LogP contribution >= 0.6 is 0 Å². The Bertz CT molecular complexity index is 458. The topological polar surface area (TPSA) is 63.2 Å². The number of esters is 1. The smallest absolute Gasteiger partial charge is 0.335 e. The molecule has 0 N–H and O–H groups in total. The van der Waals surface area contributed by atoms with E-state index in [9.17, 15) is 4.79 Å². The minimum Gasteiger partial charge on any atom is -0.491 e. The minimum atomic E-state index is -0.587. The van der Waals surface area contributed by atoms with Crippen LogP contribution in [0.3, 0.4) is 0 Å². The molecule has 1 heterocycles. The van der Waals surface area contributed by atoms with Crippen LogP contribution in [0.1, 0.15) is 19.8 Å². The second-order valence-electron chi connectivity index (χ2n) is 5.55. The number of para-hydroxylation sites is 1. The van der Waals surface area contributed by atoms with Gasteiger partial charge in [0.2, 0.25) is 0 Å². The second kappa shape index (κ2) is 11.0. The van der Waals surface area contributed by atoms with Crippen molar-refractivity contribution in [1.29, 1.82) is 0 Å². The van der Waals surface area contributed by atoms with Crippen LogP contribution in [0.4, 0.5) is 0 Å². The van der Waals surface area contributed by atoms with Crippen molar-refractivity contribution >= 4 is 5.97 Å². The molecule has 2 unspecified atom stereocenters. The molecule has 0 saturated carbocycles. The Kier molecular flexibility index (Phi) is 8.59. The SMILES string of the molecule is CC(OCC1CCCO1)C(=O)OCCOCCOc1ccccc1. The molecule has 1 saturated heterocycles. The molecule has 1 fully saturated rings. The molecule has 2 rings (SSSR count). The number of benzene rings is 1. The van der Waals surface area contributed by atoms with Gasteiger partial charge in [-0.2, -0.15) is 0 Å². The quantitative estimate of drug-likeness (QED) is 0.455. The van der Waals surface area contributed by atoms with Crippen LogP contribution < -0.4 is 4.74 Å². The Morgan fingerprint density at radius 3 is 2.75 bits per heavy atom. The maximum atomic E-state index is 11.8. The van der Waals surface area contributed by atoms with E-state index >= 15 is 0 Å². The maximum Gasteiger partial charge on any atom is 0.335 e. The molecule has 1 aliphatic heterocycles. The van der Waals surface area contributed by atoms with Gasteiger partial charge in [-0.3, -0.25) is 0 Å². The molecule has 2 atom stereocenters. The molecule has 0 spiro atoms. The molecule has 1 aromatic rings. The van der Waals surface area contributed by atoms with Crippen molar-refractivity contribution in [3.8, 4) is 5.75 Å². The standard InChI is InChI=1S/C18H26O6/c1-15(24-14-17-8-5-9-21-17)18(19)23-13-11-20-10-12-22-16-6-3-2-4-7-16/h2-4,6-7,15,17H,5,8-14H2,1H3. The Hall–Kier alpha value is -1.63. The summed E-state index contributed by atoms with van der Waals surface area (Å²) in [4.78, 5) is 11.8. The van der Waals surface area contributed by atoms with E-state index in [1.165, 1.54) is 0 Å². The molecular weight excluding hydrogens is 312 g/mol. The predicted octanol–water partition coefficient (Wildman–Crippen LogP) is 2.21. The van der Waals surface area contributed by atoms with E-state index in [0.717, 1.165) is 25.2 Å². The highest BCUT2D eigenvalue weighted by Gasteiger charge is 2.20. The average molecular weight is 338 g/mol. The average Bonchev–Trinajstić information content (AvgIpc) is 3.13. The van der Waals surface area contributed by atoms with Crippen molar-refractivity contribution < 1.29 is 28.5 Å². The number of ether oxygens (including phenoxy) is 5. The van der Waals surface area contributed by atoms with Crippen molar-refractivity contribution in [1.82, 2.24) is 0 Å². The summed E-state index contributed by atoms with van der Waals surface area (Å²) in [5, 5.41) is 0. The number of hydrogen-bond acceptors (Lipinski definition) is 6. The summed E-state index contributed by atoms with van der Waals surface area (Å²) < 4.78 is 26.9. The third-order valence-electron chi connectivity index (χ3n) is 3.60. The Morgan fingerprint density at radius 2 is 2.00 bits per heavy atom. The summed E-state index contributed by atoms with van der Waals surface area (Å²) in [6, 6.07) is 9.54. The molecule has 1 aromatic carbocycles. The molecule has 0 bridgehead atoms. The van der Waals surface area contributed by atoms with Gasteiger partial charge in [0.25, 0.3) is 0 Å². The first kappa shape index (κ1) is 18.7. The predicted molar refractivity (Wildman–Crippen MR) is 88.1 cm³/mol. The third-order valence-corrected chi connectivity index (χ3v) is 3.60. The van der Waals surface area contributed by atoms with Crippen LogP contribution in [0.5, 0.6) is 5.75 Å². The zero-order chi connectivity index (χ0) is 17.0. The summed E-state index contributed by atoms with van der Waals surface area (Å²) in [7, 11) is 0. The number of carbonyl (C=O) groups is 1. The fourth-order valence-corrected chi connectivity index (χ4v) is 2.25. The molecule has 0 aromatic heterocycles. The zero-order valence-corrected chi connectivity index (χ0v) is 14.1. The molecular formula is C18H26O6. The van der Waals surface area contributed by atoms with Gasteiger partial charge in [0.1, 0.15) is 19.0 Å². The minimum absolute atomic E-state index is 0.105. The van der Waals surface area contributed by atoms with Gasteiger partial charge in [-0.05, 0) is 31.9 Å². The van der Waals surface area contributed by atoms with Crippen molar-refractivity contribution in [2.75, 3.05) is 39.6 Å². The van der Waals surface area contributed by atoms with E-state index in [2.05, 4.69) is 0 Å². The lowest BCUT2D eigenvalue weighted by Gasteiger charge is -2.15. The van der Waals surface area contributed by atoms with Gasteiger partial charge >= 0.3 is 5.97 Å². The lowest BCUT2D eigenvalue weighted by atomic mass is 10.2. The van der Waals surface area contributed by atoms with E-state index in [1.807, 2.05) is 30.3 Å². The van der Waals surface area contributed by atoms with E-state index in [-0.39, 0.29) is 18.7 Å². The van der Waals surface area contributed by atoms with E-state index in [4.69, 9.17) is 23.7 Å². The van der Waals surface area contributed by atoms with Crippen molar-refractivity contribution in [3.63, 3.8) is 0 Å². The van der Waals surface area contributed by atoms with E-state index < -0.39 is 6.10 Å². The molecule has 0 amide bonds. The van der Waals surface area contributed by atoms with Crippen molar-refractivity contribution in [3.05, 3.63) is 30.3 Å². The Morgan fingerprint density at radius 1 is 1.21 bits per heavy atom. The van der Waals surface area contributed by atoms with Crippen LogP contribution in [0.15, 0.2) is 30.3 Å². The van der Waals surface area contributed by atoms with Gasteiger partial charge < -0.3 is 23.7 Å². The normalized spacial score (nSPS) is 18.3. The fourth-order valence-electron chi connectivity index (χ4n) is 2.25. The summed E-state index contributed by atoms with van der Waals surface area (Å²) in [6.45, 7) is 4.34. The summed E-state index contributed by atoms with van der Waals surface area (Å²) in [5.41, 5.74) is 0. The van der Waals surface area contributed by atoms with Crippen LogP contribution in [0, 0.1) is 0 Å². The second-order valence-corrected chi connectivity index (χ2v) is 5.55. The largest absolute Gasteiger partial charge is 0.491 e. The van der Waals surface area contributed by atoms with Crippen LogP contribution in [-0.4, -0.2) is 57.8 Å². The summed E-state index contributed by atoms with van der Waals surface area (Å²) in [5.74, 6) is 0.432. The van der Waals surface area contributed by atoms with Gasteiger partial charge in [0.05, 0.1) is 25.9 Å². The van der Waals surface area contributed by atoms with Crippen LogP contribution in [-0.2, 0) is 23.7 Å². The summed E-state index contributed by atoms with van der Waals surface area (Å²) in [6.07, 6.45) is 1.56. The zero-order valence-electron chi connectivity index (χ0n) is 14.1. The fraction of sp³-hybridized carbons (Fsp3) is 0.611. The van der Waals surface area contributed by atoms with E-state index in [0.29, 0.717) is 26.4 Å². The molecule has 134 valence electrons. The monoisotopic (exact) mass is 338 g/mol. The van der Waals surface area contributed by atoms with Gasteiger partial charge in [0, 0.05) is 6.61 Å². The van der Waals surface area contributed by atoms with Crippen molar-refractivity contribution in [2.24, 2.45) is 0 Å². The maximum absolute atomic E-state index is 11.8. The summed E-state index contributed by atoms with van der Waals surface area (Å²) >= 11 is 0.